The summed E-state index contributed by atoms with van der Waals surface area (Å²) in [6.07, 6.45) is 8.54. The van der Waals surface area contributed by atoms with Crippen LogP contribution in [0.5, 0.6) is 0 Å². The molecule has 0 bridgehead atoms. The second-order valence-electron chi connectivity index (χ2n) is 5.85. The van der Waals surface area contributed by atoms with Crippen molar-refractivity contribution in [1.82, 2.24) is 10.2 Å². The second kappa shape index (κ2) is 8.53. The van der Waals surface area contributed by atoms with Gasteiger partial charge in [0.05, 0.1) is 12.3 Å². The molecule has 1 aliphatic heterocycles. The molecule has 128 valence electrons. The number of amides is 1. The first-order valence-corrected chi connectivity index (χ1v) is 9.29. The lowest BCUT2D eigenvalue weighted by Crippen LogP contribution is -2.40. The van der Waals surface area contributed by atoms with Gasteiger partial charge in [-0.2, -0.15) is 0 Å². The summed E-state index contributed by atoms with van der Waals surface area (Å²) in [5.74, 6) is 1.45. The number of carbonyl (C=O) groups excluding carboxylic acids is 1. The van der Waals surface area contributed by atoms with Gasteiger partial charge in [-0.1, -0.05) is 6.42 Å². The molecule has 6 heteroatoms. The number of hydrogen-bond acceptors (Lipinski definition) is 4. The van der Waals surface area contributed by atoms with Gasteiger partial charge >= 0.3 is 0 Å². The Morgan fingerprint density at radius 1 is 1.29 bits per heavy atom. The van der Waals surface area contributed by atoms with Crippen LogP contribution in [0.1, 0.15) is 36.8 Å². The second-order valence-corrected chi connectivity index (χ2v) is 6.91. The first kappa shape index (κ1) is 17.3. The maximum absolute atomic E-state index is 12.1. The number of likely N-dealkylation sites (tertiary alicyclic amines) is 1. The zero-order valence-electron chi connectivity index (χ0n) is 13.4. The van der Waals surface area contributed by atoms with Gasteiger partial charge in [0.1, 0.15) is 11.5 Å². The van der Waals surface area contributed by atoms with Crippen LogP contribution in [-0.4, -0.2) is 30.4 Å². The molecular weight excluding hydrogens is 419 g/mol. The van der Waals surface area contributed by atoms with Crippen LogP contribution in [-0.2, 0) is 4.79 Å². The van der Waals surface area contributed by atoms with E-state index in [0.29, 0.717) is 12.3 Å². The van der Waals surface area contributed by atoms with E-state index in [9.17, 15) is 4.79 Å². The van der Waals surface area contributed by atoms with Crippen molar-refractivity contribution < 1.29 is 13.6 Å². The van der Waals surface area contributed by atoms with Gasteiger partial charge in [-0.05, 0) is 78.9 Å². The lowest BCUT2D eigenvalue weighted by molar-refractivity contribution is -0.116. The van der Waals surface area contributed by atoms with Crippen molar-refractivity contribution in [3.8, 4) is 0 Å². The van der Waals surface area contributed by atoms with Gasteiger partial charge in [0.25, 0.3) is 0 Å². The third-order valence-corrected chi connectivity index (χ3v) is 4.75. The van der Waals surface area contributed by atoms with E-state index in [0.717, 1.165) is 22.6 Å². The Kier molecular flexibility index (Phi) is 6.14. The molecule has 3 rings (SSSR count). The van der Waals surface area contributed by atoms with Crippen molar-refractivity contribution in [2.45, 2.75) is 25.3 Å². The first-order valence-electron chi connectivity index (χ1n) is 8.21. The predicted octanol–water partition coefficient (Wildman–Crippen LogP) is 3.83. The molecule has 1 unspecified atom stereocenters. The number of rotatable bonds is 6. The first-order chi connectivity index (χ1) is 11.7. The SMILES string of the molecule is O=C(/C=C/c1ccc(I)o1)NCC(c1ccco1)N1CCCCC1. The molecule has 0 spiro atoms. The third kappa shape index (κ3) is 4.73. The molecule has 2 aromatic heterocycles. The van der Waals surface area contributed by atoms with Crippen molar-refractivity contribution in [3.63, 3.8) is 0 Å². The van der Waals surface area contributed by atoms with Crippen molar-refractivity contribution in [1.29, 1.82) is 0 Å². The highest BCUT2D eigenvalue weighted by Gasteiger charge is 2.24. The molecule has 2 aromatic rings. The number of hydrogen-bond donors (Lipinski definition) is 1. The quantitative estimate of drug-likeness (QED) is 0.548. The number of piperidine rings is 1. The van der Waals surface area contributed by atoms with Gasteiger partial charge in [-0.25, -0.2) is 0 Å². The Labute approximate surface area is 155 Å². The molecule has 1 atom stereocenters. The van der Waals surface area contributed by atoms with Crippen LogP contribution in [0.15, 0.2) is 45.4 Å². The van der Waals surface area contributed by atoms with Crippen LogP contribution < -0.4 is 5.32 Å². The summed E-state index contributed by atoms with van der Waals surface area (Å²) >= 11 is 2.10. The highest BCUT2D eigenvalue weighted by atomic mass is 127. The van der Waals surface area contributed by atoms with Crippen molar-refractivity contribution in [2.24, 2.45) is 0 Å². The predicted molar refractivity (Wildman–Crippen MR) is 100 cm³/mol. The molecule has 1 N–H and O–H groups in total. The minimum atomic E-state index is -0.130. The molecule has 1 fully saturated rings. The molecule has 0 radical (unpaired) electrons. The van der Waals surface area contributed by atoms with Crippen LogP contribution >= 0.6 is 22.6 Å². The maximum Gasteiger partial charge on any atom is 0.244 e. The van der Waals surface area contributed by atoms with E-state index in [4.69, 9.17) is 8.83 Å². The zero-order valence-corrected chi connectivity index (χ0v) is 15.6. The van der Waals surface area contributed by atoms with E-state index < -0.39 is 0 Å². The Morgan fingerprint density at radius 2 is 2.12 bits per heavy atom. The van der Waals surface area contributed by atoms with Crippen molar-refractivity contribution in [3.05, 3.63) is 51.9 Å². The summed E-state index contributed by atoms with van der Waals surface area (Å²) < 4.78 is 11.8. The summed E-state index contributed by atoms with van der Waals surface area (Å²) in [5, 5.41) is 2.97. The fourth-order valence-corrected chi connectivity index (χ4v) is 3.39. The minimum absolute atomic E-state index is 0.0854. The molecule has 1 saturated heterocycles. The highest BCUT2D eigenvalue weighted by Crippen LogP contribution is 2.24. The molecular formula is C18H21IN2O3. The fraction of sp³-hybridized carbons (Fsp3) is 0.389. The molecule has 0 saturated carbocycles. The van der Waals surface area contributed by atoms with Gasteiger partial charge in [0, 0.05) is 12.6 Å². The number of furan rings is 2. The van der Waals surface area contributed by atoms with Gasteiger partial charge in [0.2, 0.25) is 5.91 Å². The highest BCUT2D eigenvalue weighted by molar-refractivity contribution is 14.1. The molecule has 3 heterocycles. The van der Waals surface area contributed by atoms with Crippen molar-refractivity contribution >= 4 is 34.6 Å². The number of nitrogens with one attached hydrogen (secondary N) is 1. The molecule has 0 aliphatic carbocycles. The average molecular weight is 440 g/mol. The van der Waals surface area contributed by atoms with Crippen molar-refractivity contribution in [2.75, 3.05) is 19.6 Å². The normalized spacial score (nSPS) is 17.2. The summed E-state index contributed by atoms with van der Waals surface area (Å²) in [6.45, 7) is 2.62. The molecule has 1 aliphatic rings. The average Bonchev–Trinajstić information content (AvgIpc) is 3.26. The van der Waals surface area contributed by atoms with E-state index >= 15 is 0 Å². The van der Waals surface area contributed by atoms with E-state index in [2.05, 4.69) is 32.8 Å². The third-order valence-electron chi connectivity index (χ3n) is 4.17. The van der Waals surface area contributed by atoms with E-state index in [1.165, 1.54) is 25.3 Å². The molecule has 5 nitrogen and oxygen atoms in total. The number of nitrogens with zero attached hydrogens (tertiary/aromatic N) is 1. The summed E-state index contributed by atoms with van der Waals surface area (Å²) in [4.78, 5) is 14.5. The summed E-state index contributed by atoms with van der Waals surface area (Å²) in [6, 6.07) is 7.66. The Hall–Kier alpha value is -1.54. The number of carbonyl (C=O) groups is 1. The lowest BCUT2D eigenvalue weighted by Gasteiger charge is -2.33. The zero-order chi connectivity index (χ0) is 16.8. The van der Waals surface area contributed by atoms with Gasteiger partial charge < -0.3 is 14.2 Å². The lowest BCUT2D eigenvalue weighted by atomic mass is 10.1. The van der Waals surface area contributed by atoms with Crippen LogP contribution in [0.4, 0.5) is 0 Å². The fourth-order valence-electron chi connectivity index (χ4n) is 2.95. The molecule has 24 heavy (non-hydrogen) atoms. The Bertz CT molecular complexity index is 672. The summed E-state index contributed by atoms with van der Waals surface area (Å²) in [5.41, 5.74) is 0. The van der Waals surface area contributed by atoms with E-state index in [1.807, 2.05) is 24.3 Å². The van der Waals surface area contributed by atoms with Crippen LogP contribution in [0.2, 0.25) is 0 Å². The molecule has 1 amide bonds. The maximum atomic E-state index is 12.1. The van der Waals surface area contributed by atoms with E-state index in [-0.39, 0.29) is 11.9 Å². The minimum Gasteiger partial charge on any atom is -0.468 e. The monoisotopic (exact) mass is 440 g/mol. The standard InChI is InChI=1S/C18H21IN2O3/c19-17-8-6-14(24-17)7-9-18(22)20-13-15(16-5-4-12-23-16)21-10-2-1-3-11-21/h4-9,12,15H,1-3,10-11,13H2,(H,20,22)/b9-7+. The van der Waals surface area contributed by atoms with Gasteiger partial charge in [-0.15, -0.1) is 0 Å². The van der Waals surface area contributed by atoms with Gasteiger partial charge in [0.15, 0.2) is 3.77 Å². The van der Waals surface area contributed by atoms with Gasteiger partial charge in [-0.3, -0.25) is 9.69 Å². The Balaban J connectivity index is 1.58. The van der Waals surface area contributed by atoms with Crippen LogP contribution in [0, 0.1) is 3.77 Å². The molecule has 0 aromatic carbocycles. The van der Waals surface area contributed by atoms with Crippen LogP contribution in [0.3, 0.4) is 0 Å². The van der Waals surface area contributed by atoms with E-state index in [1.54, 1.807) is 12.3 Å². The van der Waals surface area contributed by atoms with Crippen LogP contribution in [0.25, 0.3) is 6.08 Å². The largest absolute Gasteiger partial charge is 0.468 e. The smallest absolute Gasteiger partial charge is 0.244 e. The summed E-state index contributed by atoms with van der Waals surface area (Å²) in [7, 11) is 0. The Morgan fingerprint density at radius 3 is 2.79 bits per heavy atom. The number of halogens is 1. The topological polar surface area (TPSA) is 58.6 Å².